The van der Waals surface area contributed by atoms with Crippen LogP contribution in [0.25, 0.3) is 0 Å². The largest absolute Gasteiger partial charge is 0.467 e. The van der Waals surface area contributed by atoms with Gasteiger partial charge in [0.05, 0.1) is 52.1 Å². The summed E-state index contributed by atoms with van der Waals surface area (Å²) in [4.78, 5) is 122. The average molecular weight is 1130 g/mol. The number of rotatable bonds is 12. The van der Waals surface area contributed by atoms with E-state index in [1.54, 1.807) is 0 Å². The molecule has 22 atom stereocenters. The van der Waals surface area contributed by atoms with E-state index in [0.29, 0.717) is 30.6 Å². The summed E-state index contributed by atoms with van der Waals surface area (Å²) in [6.07, 6.45) is 1.01. The molecule has 24 heteroatoms. The third-order valence-corrected chi connectivity index (χ3v) is 22.3. The summed E-state index contributed by atoms with van der Waals surface area (Å²) in [7, 11) is 4.94. The predicted octanol–water partition coefficient (Wildman–Crippen LogP) is 2.05. The van der Waals surface area contributed by atoms with Gasteiger partial charge >= 0.3 is 23.9 Å². The minimum atomic E-state index is -1.88. The van der Waals surface area contributed by atoms with Crippen LogP contribution in [0.3, 0.4) is 0 Å². The van der Waals surface area contributed by atoms with Gasteiger partial charge in [0.25, 0.3) is 0 Å². The second kappa shape index (κ2) is 17.1. The van der Waals surface area contributed by atoms with Gasteiger partial charge in [0.15, 0.2) is 32.6 Å². The number of nitrogens with zero attached hydrogens (tertiary/aromatic N) is 2. The Morgan fingerprint density at radius 2 is 0.734 bits per heavy atom. The zero-order chi connectivity index (χ0) is 55.3. The van der Waals surface area contributed by atoms with Crippen LogP contribution >= 0.6 is 24.4 Å². The van der Waals surface area contributed by atoms with Crippen LogP contribution in [0.1, 0.15) is 19.3 Å². The fourth-order valence-corrected chi connectivity index (χ4v) is 20.9. The molecule has 6 aliphatic heterocycles. The lowest BCUT2D eigenvalue weighted by Gasteiger charge is -2.57. The van der Waals surface area contributed by atoms with E-state index < -0.39 is 188 Å². The van der Waals surface area contributed by atoms with Gasteiger partial charge in [-0.05, 0) is 128 Å². The number of thiocarbonyl (C=S) groups is 2. The zero-order valence-electron chi connectivity index (χ0n) is 43.1. The molecule has 6 saturated heterocycles. The van der Waals surface area contributed by atoms with Crippen molar-refractivity contribution in [2.75, 3.05) is 65.3 Å². The van der Waals surface area contributed by atoms with Gasteiger partial charge in [-0.25, -0.2) is 28.0 Å². The molecule has 12 fully saturated rings. The highest BCUT2D eigenvalue weighted by molar-refractivity contribution is 7.80. The van der Waals surface area contributed by atoms with E-state index in [1.165, 1.54) is 86.8 Å². The van der Waals surface area contributed by atoms with Gasteiger partial charge in [0.1, 0.15) is 11.6 Å². The van der Waals surface area contributed by atoms with Crippen LogP contribution in [0.4, 0.5) is 20.2 Å². The highest BCUT2D eigenvalue weighted by Gasteiger charge is 2.98. The number of hydrogen-bond acceptors (Lipinski definition) is 16. The van der Waals surface area contributed by atoms with Crippen molar-refractivity contribution in [3.8, 4) is 0 Å². The number of imide groups is 2. The minimum Gasteiger partial charge on any atom is -0.467 e. The molecule has 0 radical (unpaired) electrons. The van der Waals surface area contributed by atoms with Gasteiger partial charge in [0.2, 0.25) is 23.6 Å². The Hall–Kier alpha value is -6.24. The standard InChI is InChI=1S/C55H56F2N6O14S2/c1-72-46(68)52-34-24-17-25(31-30(24)42(64)62(43(31)65)15-13-58-50(78)60-22-9-5-20(56)6-10-22)35(34)53(76-52,47(69)73-2)39-29-19-28(38(39)52)40-41(29)55(49(71)75-4)37-27-18-26(36(37)54(40,77-55)48(70)74-3)32-33(27)45(67)63(44(32)66)16-14-59-51(79)61-23-11-7-21(57)8-12-23/h5-12,24-41H,13-19H2,1-4H3,(H2,58,60,78)(H2,59,61,79)/t24-,25+,26+,27-,28?,29?,30-,31+,32+,33-,34-,35+,36+,37-,38+,39-,40-,41+,52-,53+,54+,55-. The van der Waals surface area contributed by atoms with Crippen molar-refractivity contribution in [2.24, 2.45) is 107 Å². The maximum atomic E-state index is 15.2. The highest BCUT2D eigenvalue weighted by atomic mass is 32.1. The van der Waals surface area contributed by atoms with Crippen LogP contribution in [-0.2, 0) is 66.8 Å². The van der Waals surface area contributed by atoms with E-state index in [4.69, 9.17) is 52.9 Å². The number of likely N-dealkylation sites (tertiary alicyclic amines) is 2. The molecule has 6 saturated carbocycles. The van der Waals surface area contributed by atoms with Crippen LogP contribution in [0.15, 0.2) is 48.5 Å². The molecule has 6 aliphatic carbocycles. The molecule has 416 valence electrons. The number of carbonyl (C=O) groups is 8. The number of carbonyl (C=O) groups excluding carboxylic acids is 8. The van der Waals surface area contributed by atoms with Gasteiger partial charge in [0, 0.05) is 84.9 Å². The molecule has 2 unspecified atom stereocenters. The maximum absolute atomic E-state index is 15.2. The molecule has 20 nitrogen and oxygen atoms in total. The molecule has 6 heterocycles. The van der Waals surface area contributed by atoms with E-state index in [9.17, 15) is 28.0 Å². The lowest BCUT2D eigenvalue weighted by Crippen LogP contribution is -2.69. The molecule has 0 aromatic heterocycles. The first-order chi connectivity index (χ1) is 37.9. The summed E-state index contributed by atoms with van der Waals surface area (Å²) in [6, 6.07) is 11.2. The van der Waals surface area contributed by atoms with Gasteiger partial charge in [-0.3, -0.25) is 29.0 Å². The maximum Gasteiger partial charge on any atom is 0.338 e. The van der Waals surface area contributed by atoms with Crippen molar-refractivity contribution in [3.63, 3.8) is 0 Å². The monoisotopic (exact) mass is 1130 g/mol. The summed E-state index contributed by atoms with van der Waals surface area (Å²) in [5.41, 5.74) is -6.44. The fourth-order valence-electron chi connectivity index (χ4n) is 20.5. The number of anilines is 2. The van der Waals surface area contributed by atoms with Crippen molar-refractivity contribution in [1.82, 2.24) is 20.4 Å². The lowest BCUT2D eigenvalue weighted by atomic mass is 9.41. The SMILES string of the molecule is COC(=O)[C@@]12O[C@@](C(=O)OC)([C@H]3[C@H]4C[C@H]([C@H]5C(=O)N(CCNC(=S)Nc6ccc(F)cc6)C(=O)[C@@H]45)[C@H]31)[C@@H]1C3CC([C@@H]4[C@H]3[C@]3(C(=O)OC)O[C@@]4(C(=O)OC)[C@H]4[C@H]5C[C@H]([C@H]6C(=O)N(CCNC(=S)Nc7ccc(F)cc7)C(=O)[C@@H]56)[C@H]43)[C@@H]12. The molecule has 10 bridgehead atoms. The fraction of sp³-hybridized carbons (Fsp3) is 0.600. The molecule has 14 rings (SSSR count). The van der Waals surface area contributed by atoms with Crippen molar-refractivity contribution in [1.29, 1.82) is 0 Å². The number of methoxy groups -OCH3 is 4. The quantitative estimate of drug-likeness (QED) is 0.103. The summed E-state index contributed by atoms with van der Waals surface area (Å²) in [6.45, 7) is 0.0979. The minimum absolute atomic E-state index is 0.0414. The molecular weight excluding hydrogens is 1070 g/mol. The van der Waals surface area contributed by atoms with E-state index >= 15 is 19.2 Å². The van der Waals surface area contributed by atoms with Crippen LogP contribution in [0, 0.1) is 118 Å². The summed E-state index contributed by atoms with van der Waals surface area (Å²) < 4.78 is 64.5. The lowest BCUT2D eigenvalue weighted by molar-refractivity contribution is -0.193. The number of halogens is 2. The number of hydrogen-bond donors (Lipinski definition) is 4. The number of benzene rings is 2. The third kappa shape index (κ3) is 5.97. The third-order valence-electron chi connectivity index (χ3n) is 21.8. The van der Waals surface area contributed by atoms with Crippen molar-refractivity contribution >= 4 is 93.5 Å². The Labute approximate surface area is 461 Å². The second-order valence-corrected chi connectivity index (χ2v) is 24.6. The van der Waals surface area contributed by atoms with Gasteiger partial charge in [-0.15, -0.1) is 0 Å². The first-order valence-electron chi connectivity index (χ1n) is 27.0. The van der Waals surface area contributed by atoms with Gasteiger partial charge < -0.3 is 49.7 Å². The van der Waals surface area contributed by atoms with Crippen molar-refractivity contribution in [3.05, 3.63) is 60.2 Å². The second-order valence-electron chi connectivity index (χ2n) is 23.8. The Bertz CT molecular complexity index is 2800. The average Bonchev–Trinajstić information content (AvgIpc) is 1.60. The summed E-state index contributed by atoms with van der Waals surface area (Å²) >= 11 is 10.9. The van der Waals surface area contributed by atoms with Crippen LogP contribution < -0.4 is 21.3 Å². The normalized spacial score (nSPS) is 43.6. The topological polar surface area (TPSA) is 247 Å². The number of esters is 4. The molecule has 79 heavy (non-hydrogen) atoms. The summed E-state index contributed by atoms with van der Waals surface area (Å²) in [5, 5.41) is 12.3. The van der Waals surface area contributed by atoms with E-state index in [0.717, 1.165) is 0 Å². The molecule has 12 aliphatic rings. The predicted molar refractivity (Wildman–Crippen MR) is 273 cm³/mol. The van der Waals surface area contributed by atoms with Gasteiger partial charge in [-0.2, -0.15) is 0 Å². The van der Waals surface area contributed by atoms with Gasteiger partial charge in [-0.1, -0.05) is 0 Å². The molecule has 2 aromatic carbocycles. The highest BCUT2D eigenvalue weighted by Crippen LogP contribution is 2.88. The number of nitrogens with one attached hydrogen (secondary N) is 4. The van der Waals surface area contributed by atoms with Crippen LogP contribution in [0.5, 0.6) is 0 Å². The molecule has 4 amide bonds. The van der Waals surface area contributed by atoms with E-state index in [-0.39, 0.29) is 36.4 Å². The molecule has 0 spiro atoms. The van der Waals surface area contributed by atoms with Crippen LogP contribution in [0.2, 0.25) is 0 Å². The smallest absolute Gasteiger partial charge is 0.338 e. The first-order valence-corrected chi connectivity index (χ1v) is 27.8. The number of ether oxygens (including phenoxy) is 6. The molecule has 4 N–H and O–H groups in total. The Morgan fingerprint density at radius 1 is 0.481 bits per heavy atom. The number of fused-ring (bicyclic) bond motifs is 36. The Balaban J connectivity index is 0.793. The van der Waals surface area contributed by atoms with E-state index in [1.807, 2.05) is 0 Å². The van der Waals surface area contributed by atoms with Crippen LogP contribution in [-0.4, -0.2) is 145 Å². The van der Waals surface area contributed by atoms with E-state index in [2.05, 4.69) is 21.3 Å². The Kier molecular flexibility index (Phi) is 11.1. The van der Waals surface area contributed by atoms with Crippen molar-refractivity contribution in [2.45, 2.75) is 41.7 Å². The first kappa shape index (κ1) is 50.9. The summed E-state index contributed by atoms with van der Waals surface area (Å²) in [5.74, 6) is -19.2. The Morgan fingerprint density at radius 3 is 1.00 bits per heavy atom. The number of amides is 4. The zero-order valence-corrected chi connectivity index (χ0v) is 44.8. The van der Waals surface area contributed by atoms with Crippen molar-refractivity contribution < 1.29 is 75.6 Å². The molecule has 2 aromatic rings. The molecular formula is C55H56F2N6O14S2.